The van der Waals surface area contributed by atoms with Gasteiger partial charge in [-0.2, -0.15) is 0 Å². The van der Waals surface area contributed by atoms with E-state index in [1.165, 1.54) is 0 Å². The summed E-state index contributed by atoms with van der Waals surface area (Å²) >= 11 is 0. The number of aromatic amines is 1. The highest BCUT2D eigenvalue weighted by Crippen LogP contribution is 2.26. The molecular weight excluding hydrogens is 190 g/mol. The fourth-order valence-electron chi connectivity index (χ4n) is 1.79. The average Bonchev–Trinajstić information content (AvgIpc) is 2.18. The Balaban J connectivity index is 2.96. The van der Waals surface area contributed by atoms with Crippen molar-refractivity contribution in [3.05, 3.63) is 39.7 Å². The molecule has 0 spiro atoms. The summed E-state index contributed by atoms with van der Waals surface area (Å²) in [5.74, 6) is 0.714. The zero-order chi connectivity index (χ0) is 11.0. The lowest BCUT2D eigenvalue weighted by atomic mass is 10.1. The van der Waals surface area contributed by atoms with Crippen LogP contribution in [0.1, 0.15) is 11.1 Å². The molecule has 0 aliphatic rings. The number of aromatic nitrogens is 1. The molecule has 0 saturated carbocycles. The molecule has 3 nitrogen and oxygen atoms in total. The van der Waals surface area contributed by atoms with E-state index < -0.39 is 0 Å². The lowest BCUT2D eigenvalue weighted by Crippen LogP contribution is -2.06. The van der Waals surface area contributed by atoms with Crippen molar-refractivity contribution in [2.24, 2.45) is 0 Å². The molecule has 1 N–H and O–H groups in total. The van der Waals surface area contributed by atoms with Gasteiger partial charge < -0.3 is 9.72 Å². The number of rotatable bonds is 1. The third kappa shape index (κ3) is 1.61. The number of hydrogen-bond acceptors (Lipinski definition) is 2. The maximum absolute atomic E-state index is 11.3. The number of methoxy groups -OCH3 is 1. The van der Waals surface area contributed by atoms with E-state index in [0.29, 0.717) is 5.75 Å². The number of benzene rings is 1. The molecule has 0 bridgehead atoms. The fourth-order valence-corrected chi connectivity index (χ4v) is 1.79. The van der Waals surface area contributed by atoms with Crippen LogP contribution in [0.15, 0.2) is 23.0 Å². The molecule has 1 aromatic carbocycles. The van der Waals surface area contributed by atoms with Gasteiger partial charge in [-0.05, 0) is 37.1 Å². The number of H-pyrrole nitrogens is 1. The Kier molecular flexibility index (Phi) is 2.23. The van der Waals surface area contributed by atoms with Gasteiger partial charge in [-0.1, -0.05) is 0 Å². The van der Waals surface area contributed by atoms with E-state index >= 15 is 0 Å². The number of nitrogens with one attached hydrogen (secondary N) is 1. The van der Waals surface area contributed by atoms with Crippen molar-refractivity contribution in [1.29, 1.82) is 0 Å². The number of fused-ring (bicyclic) bond motifs is 1. The molecule has 1 heterocycles. The van der Waals surface area contributed by atoms with Gasteiger partial charge >= 0.3 is 0 Å². The molecule has 0 aliphatic carbocycles. The van der Waals surface area contributed by atoms with Gasteiger partial charge in [0.1, 0.15) is 5.75 Å². The third-order valence-electron chi connectivity index (χ3n) is 2.49. The minimum Gasteiger partial charge on any atom is -0.495 e. The monoisotopic (exact) mass is 203 g/mol. The highest BCUT2D eigenvalue weighted by molar-refractivity contribution is 5.87. The summed E-state index contributed by atoms with van der Waals surface area (Å²) in [4.78, 5) is 14.1. The molecule has 0 aliphatic heterocycles. The highest BCUT2D eigenvalue weighted by atomic mass is 16.5. The molecule has 0 saturated heterocycles. The second-order valence-electron chi connectivity index (χ2n) is 3.71. The van der Waals surface area contributed by atoms with Gasteiger partial charge in [0.2, 0.25) is 5.56 Å². The second-order valence-corrected chi connectivity index (χ2v) is 3.71. The normalized spacial score (nSPS) is 10.6. The van der Waals surface area contributed by atoms with Crippen LogP contribution in [0.5, 0.6) is 5.75 Å². The molecule has 2 rings (SSSR count). The van der Waals surface area contributed by atoms with Crippen molar-refractivity contribution in [3.8, 4) is 5.75 Å². The predicted octanol–water partition coefficient (Wildman–Crippen LogP) is 2.15. The summed E-state index contributed by atoms with van der Waals surface area (Å²) in [6.07, 6.45) is 0. The summed E-state index contributed by atoms with van der Waals surface area (Å²) in [6.45, 7) is 3.93. The molecule has 0 radical (unpaired) electrons. The quantitative estimate of drug-likeness (QED) is 0.771. The van der Waals surface area contributed by atoms with Crippen LogP contribution >= 0.6 is 0 Å². The zero-order valence-electron chi connectivity index (χ0n) is 9.05. The van der Waals surface area contributed by atoms with Crippen LogP contribution in [0.2, 0.25) is 0 Å². The van der Waals surface area contributed by atoms with Crippen LogP contribution in [0.25, 0.3) is 10.9 Å². The first-order valence-corrected chi connectivity index (χ1v) is 4.80. The number of aryl methyl sites for hydroxylation is 2. The molecule has 1 aromatic heterocycles. The van der Waals surface area contributed by atoms with Crippen LogP contribution in [-0.2, 0) is 0 Å². The molecule has 15 heavy (non-hydrogen) atoms. The lowest BCUT2D eigenvalue weighted by Gasteiger charge is -2.08. The predicted molar refractivity (Wildman–Crippen MR) is 60.6 cm³/mol. The van der Waals surface area contributed by atoms with Crippen molar-refractivity contribution < 1.29 is 4.74 Å². The number of pyridine rings is 1. The van der Waals surface area contributed by atoms with Crippen molar-refractivity contribution >= 4 is 10.9 Å². The maximum atomic E-state index is 11.3. The van der Waals surface area contributed by atoms with Crippen LogP contribution in [0.3, 0.4) is 0 Å². The first kappa shape index (κ1) is 9.77. The van der Waals surface area contributed by atoms with Crippen molar-refractivity contribution in [2.75, 3.05) is 7.11 Å². The molecule has 3 heteroatoms. The first-order valence-electron chi connectivity index (χ1n) is 4.80. The Morgan fingerprint density at radius 3 is 2.60 bits per heavy atom. The van der Waals surface area contributed by atoms with E-state index in [1.54, 1.807) is 13.2 Å². The molecular formula is C12H13NO2. The van der Waals surface area contributed by atoms with Gasteiger partial charge in [0.05, 0.1) is 12.6 Å². The third-order valence-corrected chi connectivity index (χ3v) is 2.49. The van der Waals surface area contributed by atoms with Gasteiger partial charge in [-0.3, -0.25) is 4.79 Å². The topological polar surface area (TPSA) is 42.1 Å². The molecule has 78 valence electrons. The largest absolute Gasteiger partial charge is 0.495 e. The Morgan fingerprint density at radius 1 is 1.20 bits per heavy atom. The summed E-state index contributed by atoms with van der Waals surface area (Å²) in [6, 6.07) is 5.56. The SMILES string of the molecule is COc1cc(C)cc2c(C)cc(=O)[nH]c12. The Hall–Kier alpha value is -1.77. The first-order chi connectivity index (χ1) is 7.11. The summed E-state index contributed by atoms with van der Waals surface area (Å²) < 4.78 is 5.25. The van der Waals surface area contributed by atoms with E-state index in [0.717, 1.165) is 22.0 Å². The Morgan fingerprint density at radius 2 is 1.93 bits per heavy atom. The van der Waals surface area contributed by atoms with E-state index in [-0.39, 0.29) is 5.56 Å². The van der Waals surface area contributed by atoms with Crippen LogP contribution in [-0.4, -0.2) is 12.1 Å². The smallest absolute Gasteiger partial charge is 0.248 e. The van der Waals surface area contributed by atoms with Gasteiger partial charge in [0.15, 0.2) is 0 Å². The zero-order valence-corrected chi connectivity index (χ0v) is 9.05. The van der Waals surface area contributed by atoms with Crippen molar-refractivity contribution in [3.63, 3.8) is 0 Å². The molecule has 0 atom stereocenters. The van der Waals surface area contributed by atoms with Gasteiger partial charge in [0.25, 0.3) is 0 Å². The standard InChI is InChI=1S/C12H13NO2/c1-7-4-9-8(2)6-11(14)13-12(9)10(5-7)15-3/h4-6H,1-3H3,(H,13,14). The van der Waals surface area contributed by atoms with Crippen molar-refractivity contribution in [1.82, 2.24) is 4.98 Å². The maximum Gasteiger partial charge on any atom is 0.248 e. The number of ether oxygens (including phenoxy) is 1. The molecule has 0 unspecified atom stereocenters. The minimum absolute atomic E-state index is 0.0952. The van der Waals surface area contributed by atoms with Gasteiger partial charge in [-0.15, -0.1) is 0 Å². The molecule has 0 amide bonds. The van der Waals surface area contributed by atoms with Crippen LogP contribution in [0.4, 0.5) is 0 Å². The van der Waals surface area contributed by atoms with Crippen LogP contribution < -0.4 is 10.3 Å². The Bertz CT molecular complexity index is 570. The molecule has 0 fully saturated rings. The van der Waals surface area contributed by atoms with E-state index in [4.69, 9.17) is 4.74 Å². The summed E-state index contributed by atoms with van der Waals surface area (Å²) in [7, 11) is 1.61. The van der Waals surface area contributed by atoms with Gasteiger partial charge in [0, 0.05) is 11.5 Å². The second kappa shape index (κ2) is 3.42. The van der Waals surface area contributed by atoms with E-state index in [2.05, 4.69) is 4.98 Å². The summed E-state index contributed by atoms with van der Waals surface area (Å²) in [5.41, 5.74) is 2.76. The highest BCUT2D eigenvalue weighted by Gasteiger charge is 2.06. The number of hydrogen-bond donors (Lipinski definition) is 1. The lowest BCUT2D eigenvalue weighted by molar-refractivity contribution is 0.418. The average molecular weight is 203 g/mol. The summed E-state index contributed by atoms with van der Waals surface area (Å²) in [5, 5.41) is 1.03. The van der Waals surface area contributed by atoms with Crippen LogP contribution in [0, 0.1) is 13.8 Å². The molecule has 2 aromatic rings. The minimum atomic E-state index is -0.0952. The Labute approximate surface area is 87.7 Å². The fraction of sp³-hybridized carbons (Fsp3) is 0.250. The van der Waals surface area contributed by atoms with Gasteiger partial charge in [-0.25, -0.2) is 0 Å². The van der Waals surface area contributed by atoms with Crippen molar-refractivity contribution in [2.45, 2.75) is 13.8 Å². The van der Waals surface area contributed by atoms with E-state index in [1.807, 2.05) is 26.0 Å². The van der Waals surface area contributed by atoms with E-state index in [9.17, 15) is 4.79 Å².